The van der Waals surface area contributed by atoms with Gasteiger partial charge in [0.15, 0.2) is 0 Å². The van der Waals surface area contributed by atoms with Crippen LogP contribution < -0.4 is 20.7 Å². The molecule has 2 aromatic carbocycles. The van der Waals surface area contributed by atoms with E-state index in [1.165, 1.54) is 5.56 Å². The second-order valence-corrected chi connectivity index (χ2v) is 9.08. The predicted molar refractivity (Wildman–Crippen MR) is 135 cm³/mol. The van der Waals surface area contributed by atoms with E-state index in [-0.39, 0.29) is 12.1 Å². The highest BCUT2D eigenvalue weighted by Crippen LogP contribution is 2.30. The Morgan fingerprint density at radius 2 is 2.00 bits per heavy atom. The van der Waals surface area contributed by atoms with Crippen molar-refractivity contribution in [2.24, 2.45) is 0 Å². The molecule has 3 aromatic rings. The molecule has 0 fully saturated rings. The molecule has 0 spiro atoms. The van der Waals surface area contributed by atoms with Gasteiger partial charge < -0.3 is 25.8 Å². The van der Waals surface area contributed by atoms with Crippen LogP contribution in [0.25, 0.3) is 0 Å². The molecule has 2 atom stereocenters. The Morgan fingerprint density at radius 1 is 1.21 bits per heavy atom. The minimum Gasteiger partial charge on any atom is -0.496 e. The largest absolute Gasteiger partial charge is 0.496 e. The smallest absolute Gasteiger partial charge is 0.313 e. The van der Waals surface area contributed by atoms with E-state index in [2.05, 4.69) is 33.1 Å². The van der Waals surface area contributed by atoms with E-state index in [0.717, 1.165) is 34.9 Å². The zero-order chi connectivity index (χ0) is 24.1. The summed E-state index contributed by atoms with van der Waals surface area (Å²) < 4.78 is 5.57. The number of aliphatic carboxylic acids is 1. The number of benzene rings is 2. The Balaban J connectivity index is 1.52. The van der Waals surface area contributed by atoms with Crippen molar-refractivity contribution in [3.8, 4) is 5.75 Å². The first-order valence-electron chi connectivity index (χ1n) is 11.5. The van der Waals surface area contributed by atoms with Gasteiger partial charge in [-0.25, -0.2) is 4.98 Å². The number of carboxylic acids is 1. The first kappa shape index (κ1) is 23.6. The molecule has 0 unspecified atom stereocenters. The summed E-state index contributed by atoms with van der Waals surface area (Å²) in [6.07, 6.45) is 2.49. The molecule has 0 radical (unpaired) electrons. The average Bonchev–Trinajstić information content (AvgIpc) is 2.86. The van der Waals surface area contributed by atoms with Gasteiger partial charge in [0.25, 0.3) is 0 Å². The first-order valence-corrected chi connectivity index (χ1v) is 11.5. The van der Waals surface area contributed by atoms with Crippen molar-refractivity contribution in [3.63, 3.8) is 0 Å². The average molecular weight is 461 g/mol. The molecular weight excluding hydrogens is 428 g/mol. The number of aromatic nitrogens is 1. The number of carbonyl (C=O) groups is 1. The third-order valence-electron chi connectivity index (χ3n) is 6.50. The number of hydrogen-bond acceptors (Lipinski definition) is 6. The fourth-order valence-corrected chi connectivity index (χ4v) is 4.31. The fourth-order valence-electron chi connectivity index (χ4n) is 4.31. The number of nitrogens with one attached hydrogen (secondary N) is 3. The van der Waals surface area contributed by atoms with Gasteiger partial charge in [0, 0.05) is 12.7 Å². The molecule has 0 bridgehead atoms. The highest BCUT2D eigenvalue weighted by molar-refractivity contribution is 5.80. The van der Waals surface area contributed by atoms with Gasteiger partial charge in [0.05, 0.1) is 30.3 Å². The van der Waals surface area contributed by atoms with Crippen LogP contribution in [0.2, 0.25) is 0 Å². The zero-order valence-electron chi connectivity index (χ0n) is 19.8. The highest BCUT2D eigenvalue weighted by Gasteiger charge is 2.30. The van der Waals surface area contributed by atoms with E-state index in [0.29, 0.717) is 13.0 Å². The summed E-state index contributed by atoms with van der Waals surface area (Å²) in [7, 11) is 1.64. The van der Waals surface area contributed by atoms with E-state index >= 15 is 0 Å². The van der Waals surface area contributed by atoms with Gasteiger partial charge in [-0.05, 0) is 61.7 Å². The van der Waals surface area contributed by atoms with Gasteiger partial charge in [-0.1, -0.05) is 42.5 Å². The van der Waals surface area contributed by atoms with Gasteiger partial charge in [0.1, 0.15) is 11.6 Å². The number of nitrogens with zero attached hydrogens (tertiary/aromatic N) is 1. The molecule has 1 aliphatic heterocycles. The van der Waals surface area contributed by atoms with Crippen molar-refractivity contribution < 1.29 is 14.6 Å². The van der Waals surface area contributed by atoms with Crippen LogP contribution in [-0.2, 0) is 16.6 Å². The third-order valence-corrected chi connectivity index (χ3v) is 6.50. The number of hydrogen-bond donors (Lipinski definition) is 4. The van der Waals surface area contributed by atoms with E-state index in [9.17, 15) is 9.90 Å². The summed E-state index contributed by atoms with van der Waals surface area (Å²) in [4.78, 5) is 16.2. The number of fused-ring (bicyclic) bond motifs is 1. The molecule has 0 amide bonds. The van der Waals surface area contributed by atoms with Gasteiger partial charge >= 0.3 is 5.97 Å². The third kappa shape index (κ3) is 4.99. The van der Waals surface area contributed by atoms with Crippen LogP contribution in [0.15, 0.2) is 66.9 Å². The van der Waals surface area contributed by atoms with Crippen LogP contribution in [-0.4, -0.2) is 42.3 Å². The van der Waals surface area contributed by atoms with Crippen molar-refractivity contribution >= 4 is 17.5 Å². The van der Waals surface area contributed by atoms with Crippen LogP contribution in [0.1, 0.15) is 36.6 Å². The van der Waals surface area contributed by atoms with Crippen LogP contribution in [0.3, 0.4) is 0 Å². The zero-order valence-corrected chi connectivity index (χ0v) is 19.8. The normalized spacial score (nSPS) is 16.0. The SMILES string of the molecule is COc1ccc(C(C)(C)C(=O)O)cc1CCN[C@H](c1ccccc1)[C@H]1CNc2cccnc2N1. The molecule has 4 N–H and O–H groups in total. The van der Waals surface area contributed by atoms with Gasteiger partial charge in [-0.3, -0.25) is 4.79 Å². The van der Waals surface area contributed by atoms with Crippen molar-refractivity contribution in [1.29, 1.82) is 0 Å². The Labute approximate surface area is 200 Å². The summed E-state index contributed by atoms with van der Waals surface area (Å²) >= 11 is 0. The molecule has 2 heterocycles. The lowest BCUT2D eigenvalue weighted by atomic mass is 9.83. The highest BCUT2D eigenvalue weighted by atomic mass is 16.5. The van der Waals surface area contributed by atoms with E-state index in [1.54, 1.807) is 27.2 Å². The Bertz CT molecular complexity index is 1130. The number of pyridine rings is 1. The molecule has 7 heteroatoms. The van der Waals surface area contributed by atoms with Crippen LogP contribution in [0.4, 0.5) is 11.5 Å². The molecular formula is C27H32N4O3. The minimum absolute atomic E-state index is 0.0495. The van der Waals surface area contributed by atoms with Gasteiger partial charge in [0.2, 0.25) is 0 Å². The van der Waals surface area contributed by atoms with Gasteiger partial charge in [-0.2, -0.15) is 0 Å². The van der Waals surface area contributed by atoms with Crippen molar-refractivity contribution in [3.05, 3.63) is 83.6 Å². The topological polar surface area (TPSA) is 95.5 Å². The molecule has 178 valence electrons. The van der Waals surface area contributed by atoms with Gasteiger partial charge in [-0.15, -0.1) is 0 Å². The van der Waals surface area contributed by atoms with Crippen molar-refractivity contribution in [2.75, 3.05) is 30.8 Å². The second-order valence-electron chi connectivity index (χ2n) is 9.08. The lowest BCUT2D eigenvalue weighted by Gasteiger charge is -2.34. The van der Waals surface area contributed by atoms with E-state index in [1.807, 2.05) is 48.5 Å². The Morgan fingerprint density at radius 3 is 2.74 bits per heavy atom. The maximum Gasteiger partial charge on any atom is 0.313 e. The number of carboxylic acid groups (broad SMARTS) is 1. The van der Waals surface area contributed by atoms with Crippen molar-refractivity contribution in [2.45, 2.75) is 37.8 Å². The molecule has 4 rings (SSSR count). The molecule has 0 saturated carbocycles. The molecule has 1 aliphatic rings. The van der Waals surface area contributed by atoms with Crippen LogP contribution in [0, 0.1) is 0 Å². The number of rotatable bonds is 9. The molecule has 0 aliphatic carbocycles. The maximum absolute atomic E-state index is 11.7. The molecule has 34 heavy (non-hydrogen) atoms. The summed E-state index contributed by atoms with van der Waals surface area (Å²) in [5.74, 6) is 0.765. The van der Waals surface area contributed by atoms with Crippen LogP contribution >= 0.6 is 0 Å². The summed E-state index contributed by atoms with van der Waals surface area (Å²) in [5.41, 5.74) is 2.97. The van der Waals surface area contributed by atoms with E-state index in [4.69, 9.17) is 4.74 Å². The van der Waals surface area contributed by atoms with Crippen molar-refractivity contribution in [1.82, 2.24) is 10.3 Å². The first-order chi connectivity index (χ1) is 16.4. The van der Waals surface area contributed by atoms with Crippen LogP contribution in [0.5, 0.6) is 5.75 Å². The standard InChI is InChI=1S/C27H32N4O3/c1-27(2,26(32)33)20-11-12-23(34-3)19(16-20)13-15-28-24(18-8-5-4-6-9-18)22-17-30-21-10-7-14-29-25(21)31-22/h4-12,14,16,22,24,28,30H,13,15,17H2,1-3H3,(H,29,31)(H,32,33)/t22-,24-/m1/s1. The maximum atomic E-state index is 11.7. The molecule has 7 nitrogen and oxygen atoms in total. The number of ether oxygens (including phenoxy) is 1. The van der Waals surface area contributed by atoms with E-state index < -0.39 is 11.4 Å². The summed E-state index contributed by atoms with van der Waals surface area (Å²) in [6.45, 7) is 4.90. The predicted octanol–water partition coefficient (Wildman–Crippen LogP) is 4.23. The Hall–Kier alpha value is -3.58. The Kier molecular flexibility index (Phi) is 7.03. The molecule has 0 saturated heterocycles. The number of anilines is 2. The minimum atomic E-state index is -0.973. The lowest BCUT2D eigenvalue weighted by Crippen LogP contribution is -2.44. The monoisotopic (exact) mass is 460 g/mol. The summed E-state index contributed by atoms with van der Waals surface area (Å²) in [6, 6.07) is 20.1. The molecule has 1 aromatic heterocycles. The number of methoxy groups -OCH3 is 1. The fraction of sp³-hybridized carbons (Fsp3) is 0.333. The quantitative estimate of drug-likeness (QED) is 0.379. The summed E-state index contributed by atoms with van der Waals surface area (Å²) in [5, 5.41) is 20.4. The second kappa shape index (κ2) is 10.1. The lowest BCUT2D eigenvalue weighted by molar-refractivity contribution is -0.142.